The average molecular weight is 418 g/mol. The number of piperazine rings is 1. The number of hydrogen-bond acceptors (Lipinski definition) is 10. The smallest absolute Gasteiger partial charge is 0.277 e. The number of thioether (sulfide) groups is 1. The molecule has 0 saturated carbocycles. The maximum Gasteiger partial charge on any atom is 0.277 e. The number of carbonyl (C=O) groups excluding carboxylic acids is 1. The van der Waals surface area contributed by atoms with Crippen molar-refractivity contribution in [3.05, 3.63) is 40.4 Å². The molecule has 0 unspecified atom stereocenters. The van der Waals surface area contributed by atoms with E-state index in [9.17, 15) is 4.79 Å². The maximum absolute atomic E-state index is 12.5. The van der Waals surface area contributed by atoms with Crippen molar-refractivity contribution in [2.75, 3.05) is 36.8 Å². The topological polar surface area (TPSA) is 101 Å². The molecule has 0 spiro atoms. The SMILES string of the molecule is Cc1nc(Cc2nnc(SCC(=O)N3CCN(c4ncccn4)CC3)o2)cs1. The largest absolute Gasteiger partial charge is 0.416 e. The van der Waals surface area contributed by atoms with Gasteiger partial charge < -0.3 is 14.2 Å². The molecule has 3 aromatic rings. The molecule has 9 nitrogen and oxygen atoms in total. The number of aryl methyl sites for hydroxylation is 1. The average Bonchev–Trinajstić information content (AvgIpc) is 3.36. The van der Waals surface area contributed by atoms with E-state index in [0.717, 1.165) is 23.8 Å². The van der Waals surface area contributed by atoms with E-state index in [2.05, 4.69) is 30.0 Å². The van der Waals surface area contributed by atoms with Crippen molar-refractivity contribution >= 4 is 35.0 Å². The van der Waals surface area contributed by atoms with Gasteiger partial charge in [-0.2, -0.15) is 0 Å². The number of aromatic nitrogens is 5. The molecule has 0 bridgehead atoms. The van der Waals surface area contributed by atoms with Gasteiger partial charge in [0.2, 0.25) is 17.7 Å². The maximum atomic E-state index is 12.5. The fraction of sp³-hybridized carbons (Fsp3) is 0.412. The van der Waals surface area contributed by atoms with Gasteiger partial charge in [0.15, 0.2) is 0 Å². The Balaban J connectivity index is 1.24. The molecule has 1 fully saturated rings. The minimum atomic E-state index is 0.0634. The van der Waals surface area contributed by atoms with E-state index >= 15 is 0 Å². The Morgan fingerprint density at radius 3 is 2.71 bits per heavy atom. The minimum absolute atomic E-state index is 0.0634. The van der Waals surface area contributed by atoms with E-state index < -0.39 is 0 Å². The monoisotopic (exact) mass is 417 g/mol. The summed E-state index contributed by atoms with van der Waals surface area (Å²) >= 11 is 2.86. The molecule has 1 saturated heterocycles. The van der Waals surface area contributed by atoms with Gasteiger partial charge in [0, 0.05) is 44.0 Å². The van der Waals surface area contributed by atoms with E-state index in [1.54, 1.807) is 29.8 Å². The zero-order chi connectivity index (χ0) is 19.3. The van der Waals surface area contributed by atoms with Crippen LogP contribution >= 0.6 is 23.1 Å². The first-order valence-electron chi connectivity index (χ1n) is 8.83. The molecule has 1 aliphatic heterocycles. The van der Waals surface area contributed by atoms with Crippen LogP contribution in [0.25, 0.3) is 0 Å². The Morgan fingerprint density at radius 1 is 1.21 bits per heavy atom. The number of amides is 1. The fourth-order valence-corrected chi connectivity index (χ4v) is 4.13. The predicted octanol–water partition coefficient (Wildman–Crippen LogP) is 1.66. The van der Waals surface area contributed by atoms with E-state index in [0.29, 0.717) is 36.6 Å². The molecule has 0 atom stereocenters. The highest BCUT2D eigenvalue weighted by Gasteiger charge is 2.23. The number of rotatable bonds is 6. The highest BCUT2D eigenvalue weighted by atomic mass is 32.2. The summed E-state index contributed by atoms with van der Waals surface area (Å²) in [4.78, 5) is 29.3. The van der Waals surface area contributed by atoms with Crippen LogP contribution in [-0.4, -0.2) is 67.9 Å². The van der Waals surface area contributed by atoms with Crippen molar-refractivity contribution in [1.82, 2.24) is 30.0 Å². The van der Waals surface area contributed by atoms with Crippen LogP contribution < -0.4 is 4.90 Å². The number of carbonyl (C=O) groups is 1. The van der Waals surface area contributed by atoms with Crippen molar-refractivity contribution in [1.29, 1.82) is 0 Å². The third-order valence-corrected chi connectivity index (χ3v) is 5.86. The number of anilines is 1. The van der Waals surface area contributed by atoms with Crippen LogP contribution in [-0.2, 0) is 11.2 Å². The second-order valence-corrected chi connectivity index (χ2v) is 8.19. The van der Waals surface area contributed by atoms with Gasteiger partial charge in [0.05, 0.1) is 22.9 Å². The molecule has 1 amide bonds. The van der Waals surface area contributed by atoms with Crippen LogP contribution in [0.2, 0.25) is 0 Å². The van der Waals surface area contributed by atoms with Gasteiger partial charge in [-0.25, -0.2) is 15.0 Å². The predicted molar refractivity (Wildman–Crippen MR) is 106 cm³/mol. The lowest BCUT2D eigenvalue weighted by Crippen LogP contribution is -2.49. The quantitative estimate of drug-likeness (QED) is 0.554. The number of thiazole rings is 1. The van der Waals surface area contributed by atoms with E-state index in [1.807, 2.05) is 17.2 Å². The second kappa shape index (κ2) is 8.65. The molecule has 28 heavy (non-hydrogen) atoms. The van der Waals surface area contributed by atoms with Crippen LogP contribution in [0.4, 0.5) is 5.95 Å². The molecule has 11 heteroatoms. The molecule has 4 rings (SSSR count). The summed E-state index contributed by atoms with van der Waals surface area (Å²) in [6.07, 6.45) is 3.96. The van der Waals surface area contributed by atoms with Crippen LogP contribution in [0.5, 0.6) is 0 Å². The lowest BCUT2D eigenvalue weighted by atomic mass is 10.3. The highest BCUT2D eigenvalue weighted by molar-refractivity contribution is 7.99. The minimum Gasteiger partial charge on any atom is -0.416 e. The molecule has 4 heterocycles. The Morgan fingerprint density at radius 2 is 2.00 bits per heavy atom. The standard InChI is InChI=1S/C17H19N7O2S2/c1-12-20-13(10-27-12)9-14-21-22-17(26-14)28-11-15(25)23-5-7-24(8-6-23)16-18-3-2-4-19-16/h2-4,10H,5-9,11H2,1H3. The van der Waals surface area contributed by atoms with Gasteiger partial charge >= 0.3 is 0 Å². The summed E-state index contributed by atoms with van der Waals surface area (Å²) < 4.78 is 5.62. The molecule has 0 N–H and O–H groups in total. The lowest BCUT2D eigenvalue weighted by molar-refractivity contribution is -0.128. The number of nitrogens with zero attached hydrogens (tertiary/aromatic N) is 7. The lowest BCUT2D eigenvalue weighted by Gasteiger charge is -2.34. The van der Waals surface area contributed by atoms with E-state index in [1.165, 1.54) is 11.8 Å². The zero-order valence-corrected chi connectivity index (χ0v) is 16.9. The summed E-state index contributed by atoms with van der Waals surface area (Å²) in [7, 11) is 0. The second-order valence-electron chi connectivity index (χ2n) is 6.20. The highest BCUT2D eigenvalue weighted by Crippen LogP contribution is 2.19. The van der Waals surface area contributed by atoms with Gasteiger partial charge in [-0.1, -0.05) is 11.8 Å². The third kappa shape index (κ3) is 4.65. The molecular formula is C17H19N7O2S2. The molecule has 146 valence electrons. The van der Waals surface area contributed by atoms with Crippen molar-refractivity contribution in [3.63, 3.8) is 0 Å². The van der Waals surface area contributed by atoms with Gasteiger partial charge in [0.25, 0.3) is 5.22 Å². The normalized spacial score (nSPS) is 14.5. The Bertz CT molecular complexity index is 923. The summed E-state index contributed by atoms with van der Waals surface area (Å²) in [5, 5.41) is 11.4. The molecule has 0 aromatic carbocycles. The van der Waals surface area contributed by atoms with Gasteiger partial charge in [-0.05, 0) is 13.0 Å². The first-order valence-corrected chi connectivity index (χ1v) is 10.7. The first kappa shape index (κ1) is 18.8. The molecule has 1 aliphatic rings. The Labute approximate surface area is 170 Å². The zero-order valence-electron chi connectivity index (χ0n) is 15.3. The molecule has 0 aliphatic carbocycles. The molecular weight excluding hydrogens is 398 g/mol. The van der Waals surface area contributed by atoms with E-state index in [-0.39, 0.29) is 11.7 Å². The van der Waals surface area contributed by atoms with Gasteiger partial charge in [-0.3, -0.25) is 4.79 Å². The molecule has 3 aromatic heterocycles. The fourth-order valence-electron chi connectivity index (χ4n) is 2.84. The van der Waals surface area contributed by atoms with Crippen LogP contribution in [0.1, 0.15) is 16.6 Å². The van der Waals surface area contributed by atoms with Crippen LogP contribution in [0, 0.1) is 6.92 Å². The summed E-state index contributed by atoms with van der Waals surface area (Å²) in [6, 6.07) is 1.79. The first-order chi connectivity index (χ1) is 13.7. The van der Waals surface area contributed by atoms with Crippen molar-refractivity contribution in [2.45, 2.75) is 18.6 Å². The van der Waals surface area contributed by atoms with Crippen molar-refractivity contribution in [2.24, 2.45) is 0 Å². The Hall–Kier alpha value is -2.53. The van der Waals surface area contributed by atoms with E-state index in [4.69, 9.17) is 4.42 Å². The molecule has 0 radical (unpaired) electrons. The van der Waals surface area contributed by atoms with Crippen LogP contribution in [0.15, 0.2) is 33.5 Å². The summed E-state index contributed by atoms with van der Waals surface area (Å²) in [6.45, 7) is 4.70. The summed E-state index contributed by atoms with van der Waals surface area (Å²) in [5.41, 5.74) is 0.916. The third-order valence-electron chi connectivity index (χ3n) is 4.23. The number of hydrogen-bond donors (Lipinski definition) is 0. The van der Waals surface area contributed by atoms with Crippen LogP contribution in [0.3, 0.4) is 0 Å². The van der Waals surface area contributed by atoms with Gasteiger partial charge in [0.1, 0.15) is 0 Å². The Kier molecular flexibility index (Phi) is 5.81. The van der Waals surface area contributed by atoms with Gasteiger partial charge in [-0.15, -0.1) is 21.5 Å². The van der Waals surface area contributed by atoms with Crippen molar-refractivity contribution in [3.8, 4) is 0 Å². The van der Waals surface area contributed by atoms with Crippen molar-refractivity contribution < 1.29 is 9.21 Å². The summed E-state index contributed by atoms with van der Waals surface area (Å²) in [5.74, 6) is 1.56.